The van der Waals surface area contributed by atoms with Crippen molar-refractivity contribution in [2.24, 2.45) is 10.9 Å². The molecule has 4 nitrogen and oxygen atoms in total. The summed E-state index contributed by atoms with van der Waals surface area (Å²) in [6, 6.07) is 0. The summed E-state index contributed by atoms with van der Waals surface area (Å²) in [4.78, 5) is 6.94. The molecule has 0 saturated carbocycles. The van der Waals surface area contributed by atoms with E-state index >= 15 is 0 Å². The number of hydrogen-bond donors (Lipinski definition) is 2. The van der Waals surface area contributed by atoms with Crippen LogP contribution in [0.5, 0.6) is 0 Å². The summed E-state index contributed by atoms with van der Waals surface area (Å²) in [5.74, 6) is 1.66. The zero-order chi connectivity index (χ0) is 13.8. The molecule has 0 amide bonds. The minimum atomic E-state index is 0. The van der Waals surface area contributed by atoms with E-state index in [1.807, 2.05) is 0 Å². The summed E-state index contributed by atoms with van der Waals surface area (Å²) in [5.41, 5.74) is 0. The van der Waals surface area contributed by atoms with Crippen LogP contribution >= 0.6 is 24.0 Å². The lowest BCUT2D eigenvalue weighted by Crippen LogP contribution is -2.41. The highest BCUT2D eigenvalue weighted by Crippen LogP contribution is 2.06. The Kier molecular flexibility index (Phi) is 16.1. The van der Waals surface area contributed by atoms with Crippen molar-refractivity contribution in [3.8, 4) is 0 Å². The van der Waals surface area contributed by atoms with Gasteiger partial charge < -0.3 is 15.5 Å². The Morgan fingerprint density at radius 2 is 1.74 bits per heavy atom. The zero-order valence-corrected chi connectivity index (χ0v) is 15.7. The second kappa shape index (κ2) is 14.4. The van der Waals surface area contributed by atoms with E-state index in [0.29, 0.717) is 5.92 Å². The van der Waals surface area contributed by atoms with Gasteiger partial charge in [-0.1, -0.05) is 33.6 Å². The Labute approximate surface area is 136 Å². The Balaban J connectivity index is 0. The van der Waals surface area contributed by atoms with E-state index in [9.17, 15) is 0 Å². The summed E-state index contributed by atoms with van der Waals surface area (Å²) in [6.07, 6.45) is 2.41. The topological polar surface area (TPSA) is 39.7 Å². The van der Waals surface area contributed by atoms with Crippen molar-refractivity contribution < 1.29 is 0 Å². The predicted molar refractivity (Wildman–Crippen MR) is 96.6 cm³/mol. The monoisotopic (exact) mass is 384 g/mol. The SMILES string of the molecule is CCNC(=NCC(CC)CC)NCCN(C)CC.I. The molecule has 0 rings (SSSR count). The fraction of sp³-hybridized carbons (Fsp3) is 0.929. The van der Waals surface area contributed by atoms with Crippen LogP contribution in [0.15, 0.2) is 4.99 Å². The summed E-state index contributed by atoms with van der Waals surface area (Å²) in [5, 5.41) is 6.68. The number of rotatable bonds is 9. The largest absolute Gasteiger partial charge is 0.357 e. The first-order valence-corrected chi connectivity index (χ1v) is 7.38. The molecule has 19 heavy (non-hydrogen) atoms. The molecule has 0 aromatic carbocycles. The van der Waals surface area contributed by atoms with Crippen LogP contribution in [0.3, 0.4) is 0 Å². The highest BCUT2D eigenvalue weighted by molar-refractivity contribution is 14.0. The lowest BCUT2D eigenvalue weighted by Gasteiger charge is -2.17. The first kappa shape index (κ1) is 21.3. The van der Waals surface area contributed by atoms with E-state index in [1.165, 1.54) is 12.8 Å². The first-order valence-electron chi connectivity index (χ1n) is 7.38. The molecule has 0 aliphatic heterocycles. The van der Waals surface area contributed by atoms with Crippen molar-refractivity contribution in [3.63, 3.8) is 0 Å². The predicted octanol–water partition coefficient (Wildman–Crippen LogP) is 2.55. The van der Waals surface area contributed by atoms with Crippen molar-refractivity contribution in [3.05, 3.63) is 0 Å². The Morgan fingerprint density at radius 1 is 1.11 bits per heavy atom. The molecule has 0 aromatic rings. The highest BCUT2D eigenvalue weighted by atomic mass is 127. The van der Waals surface area contributed by atoms with Crippen molar-refractivity contribution in [1.82, 2.24) is 15.5 Å². The van der Waals surface area contributed by atoms with E-state index < -0.39 is 0 Å². The molecule has 0 unspecified atom stereocenters. The number of likely N-dealkylation sites (N-methyl/N-ethyl adjacent to an activating group) is 1. The van der Waals surface area contributed by atoms with Crippen LogP contribution in [0.1, 0.15) is 40.5 Å². The second-order valence-corrected chi connectivity index (χ2v) is 4.72. The molecule has 0 aliphatic rings. The average Bonchev–Trinajstić information content (AvgIpc) is 2.39. The quantitative estimate of drug-likeness (QED) is 0.365. The van der Waals surface area contributed by atoms with Crippen molar-refractivity contribution >= 4 is 29.9 Å². The Morgan fingerprint density at radius 3 is 2.21 bits per heavy atom. The van der Waals surface area contributed by atoms with Crippen molar-refractivity contribution in [2.45, 2.75) is 40.5 Å². The van der Waals surface area contributed by atoms with Crippen LogP contribution < -0.4 is 10.6 Å². The van der Waals surface area contributed by atoms with Gasteiger partial charge in [0.05, 0.1) is 0 Å². The summed E-state index contributed by atoms with van der Waals surface area (Å²) < 4.78 is 0. The van der Waals surface area contributed by atoms with Gasteiger partial charge in [-0.3, -0.25) is 4.99 Å². The number of guanidine groups is 1. The Bertz CT molecular complexity index is 217. The molecule has 0 saturated heterocycles. The molecule has 0 spiro atoms. The van der Waals surface area contributed by atoms with Gasteiger partial charge in [-0.05, 0) is 26.4 Å². The van der Waals surface area contributed by atoms with Gasteiger partial charge in [0, 0.05) is 26.2 Å². The van der Waals surface area contributed by atoms with Crippen LogP contribution in [0, 0.1) is 5.92 Å². The van der Waals surface area contributed by atoms with Gasteiger partial charge in [0.15, 0.2) is 5.96 Å². The lowest BCUT2D eigenvalue weighted by atomic mass is 10.0. The molecule has 0 bridgehead atoms. The number of hydrogen-bond acceptors (Lipinski definition) is 2. The normalized spacial score (nSPS) is 11.6. The van der Waals surface area contributed by atoms with Crippen molar-refractivity contribution in [2.75, 3.05) is 39.8 Å². The van der Waals surface area contributed by atoms with Crippen molar-refractivity contribution in [1.29, 1.82) is 0 Å². The van der Waals surface area contributed by atoms with Gasteiger partial charge in [-0.15, -0.1) is 24.0 Å². The molecule has 0 heterocycles. The van der Waals surface area contributed by atoms with Crippen LogP contribution in [0.25, 0.3) is 0 Å². The average molecular weight is 384 g/mol. The molecule has 116 valence electrons. The summed E-state index contributed by atoms with van der Waals surface area (Å²) in [6.45, 7) is 13.7. The van der Waals surface area contributed by atoms with E-state index in [4.69, 9.17) is 0 Å². The second-order valence-electron chi connectivity index (χ2n) is 4.72. The fourth-order valence-electron chi connectivity index (χ4n) is 1.63. The molecule has 5 heteroatoms. The van der Waals surface area contributed by atoms with E-state index in [0.717, 1.165) is 38.7 Å². The molecule has 0 aliphatic carbocycles. The van der Waals surface area contributed by atoms with E-state index in [1.54, 1.807) is 0 Å². The Hall–Kier alpha value is -0.0400. The molecule has 0 radical (unpaired) electrons. The third kappa shape index (κ3) is 11.5. The number of halogens is 1. The zero-order valence-electron chi connectivity index (χ0n) is 13.3. The number of aliphatic imine (C=N–C) groups is 1. The number of nitrogens with one attached hydrogen (secondary N) is 2. The van der Waals surface area contributed by atoms with E-state index in [-0.39, 0.29) is 24.0 Å². The van der Waals surface area contributed by atoms with Gasteiger partial charge in [-0.25, -0.2) is 0 Å². The fourth-order valence-corrected chi connectivity index (χ4v) is 1.63. The molecule has 0 fully saturated rings. The third-order valence-electron chi connectivity index (χ3n) is 3.33. The van der Waals surface area contributed by atoms with Crippen LogP contribution in [0.4, 0.5) is 0 Å². The number of nitrogens with zero attached hydrogens (tertiary/aromatic N) is 2. The summed E-state index contributed by atoms with van der Waals surface area (Å²) >= 11 is 0. The smallest absolute Gasteiger partial charge is 0.191 e. The minimum Gasteiger partial charge on any atom is -0.357 e. The summed E-state index contributed by atoms with van der Waals surface area (Å²) in [7, 11) is 2.13. The molecular formula is C14H33IN4. The van der Waals surface area contributed by atoms with Crippen LogP contribution in [-0.2, 0) is 0 Å². The molecule has 2 N–H and O–H groups in total. The molecule has 0 atom stereocenters. The van der Waals surface area contributed by atoms with Gasteiger partial charge in [0.1, 0.15) is 0 Å². The maximum atomic E-state index is 4.65. The highest BCUT2D eigenvalue weighted by Gasteiger charge is 2.03. The van der Waals surface area contributed by atoms with Gasteiger partial charge >= 0.3 is 0 Å². The third-order valence-corrected chi connectivity index (χ3v) is 3.33. The maximum Gasteiger partial charge on any atom is 0.191 e. The first-order chi connectivity index (χ1) is 8.67. The van der Waals surface area contributed by atoms with E-state index in [2.05, 4.69) is 55.3 Å². The van der Waals surface area contributed by atoms with Crippen LogP contribution in [0.2, 0.25) is 0 Å². The lowest BCUT2D eigenvalue weighted by molar-refractivity contribution is 0.357. The van der Waals surface area contributed by atoms with Gasteiger partial charge in [0.25, 0.3) is 0 Å². The van der Waals surface area contributed by atoms with Gasteiger partial charge in [-0.2, -0.15) is 0 Å². The maximum absolute atomic E-state index is 4.65. The van der Waals surface area contributed by atoms with Gasteiger partial charge in [0.2, 0.25) is 0 Å². The minimum absolute atomic E-state index is 0. The molecular weight excluding hydrogens is 351 g/mol. The molecule has 0 aromatic heterocycles. The standard InChI is InChI=1S/C14H32N4.HI/c1-6-13(7-2)12-17-14(15-8-3)16-10-11-18(5)9-4;/h13H,6-12H2,1-5H3,(H2,15,16,17);1H. The van der Waals surface area contributed by atoms with Crippen LogP contribution in [-0.4, -0.2) is 50.6 Å².